The molecule has 2 atom stereocenters. The van der Waals surface area contributed by atoms with Crippen LogP contribution in [0.15, 0.2) is 79.0 Å². The number of fused-ring (bicyclic) bond motifs is 1. The molecule has 10 nitrogen and oxygen atoms in total. The maximum Gasteiger partial charge on any atom is 0.405 e. The van der Waals surface area contributed by atoms with Crippen LogP contribution >= 0.6 is 0 Å². The summed E-state index contributed by atoms with van der Waals surface area (Å²) in [6, 6.07) is 21.7. The molecule has 0 saturated carbocycles. The first-order valence-corrected chi connectivity index (χ1v) is 16.7. The molecule has 4 rings (SSSR count). The Labute approximate surface area is 289 Å². The molecule has 2 N–H and O–H groups in total. The Hall–Kier alpha value is -4.67. The average Bonchev–Trinajstić information content (AvgIpc) is 3.40. The summed E-state index contributed by atoms with van der Waals surface area (Å²) in [5, 5.41) is 13.5. The van der Waals surface area contributed by atoms with E-state index in [0.29, 0.717) is 30.9 Å². The Morgan fingerprint density at radius 3 is 2.14 bits per heavy atom. The van der Waals surface area contributed by atoms with Gasteiger partial charge in [-0.15, -0.1) is 0 Å². The standard InChI is InChI=1S/C39H49N3O7/c1-8-47-34(48-9-2)25-42(23-29-16-13-17-31-33(26(3)43)24-41(7)36(29)31)37(44)35(40-38(45)46)32(22-27-14-11-10-12-15-27)28-18-20-30(21-19-28)49-39(4,5)6/h10-21,24,32,34-35,40H,8-9,22-23,25H2,1-7H3,(H,45,46)/t32-,35?/m1/s1. The number of hydrogen-bond acceptors (Lipinski definition) is 6. The first kappa shape index (κ1) is 37.2. The highest BCUT2D eigenvalue weighted by Gasteiger charge is 2.36. The van der Waals surface area contributed by atoms with E-state index in [4.69, 9.17) is 14.2 Å². The SMILES string of the molecule is CCOC(CN(Cc1cccc2c(C(C)=O)cn(C)c12)C(=O)C(NC(=O)O)[C@H](Cc1ccccc1)c1ccc(OC(C)(C)C)cc1)OCC. The molecule has 0 aliphatic carbocycles. The molecule has 0 aliphatic rings. The number of carboxylic acid groups (broad SMARTS) is 1. The number of carbonyl (C=O) groups is 3. The molecule has 0 aliphatic heterocycles. The number of aromatic nitrogens is 1. The van der Waals surface area contributed by atoms with Gasteiger partial charge in [-0.05, 0) is 76.8 Å². The molecule has 0 saturated heterocycles. The lowest BCUT2D eigenvalue weighted by Crippen LogP contribution is -2.53. The topological polar surface area (TPSA) is 119 Å². The van der Waals surface area contributed by atoms with Gasteiger partial charge in [-0.1, -0.05) is 60.7 Å². The molecule has 4 aromatic rings. The fourth-order valence-corrected chi connectivity index (χ4v) is 6.20. The second-order valence-electron chi connectivity index (χ2n) is 13.1. The minimum Gasteiger partial charge on any atom is -0.488 e. The zero-order valence-corrected chi connectivity index (χ0v) is 29.6. The number of nitrogens with zero attached hydrogens (tertiary/aromatic N) is 2. The summed E-state index contributed by atoms with van der Waals surface area (Å²) in [4.78, 5) is 41.4. The van der Waals surface area contributed by atoms with Gasteiger partial charge in [0.2, 0.25) is 5.91 Å². The van der Waals surface area contributed by atoms with Crippen molar-refractivity contribution in [3.8, 4) is 5.75 Å². The number of para-hydroxylation sites is 1. The summed E-state index contributed by atoms with van der Waals surface area (Å²) in [6.45, 7) is 12.0. The van der Waals surface area contributed by atoms with Crippen LogP contribution in [0.2, 0.25) is 0 Å². The van der Waals surface area contributed by atoms with Crippen molar-refractivity contribution in [1.82, 2.24) is 14.8 Å². The van der Waals surface area contributed by atoms with Crippen molar-refractivity contribution in [3.63, 3.8) is 0 Å². The van der Waals surface area contributed by atoms with Gasteiger partial charge in [-0.3, -0.25) is 9.59 Å². The number of amides is 2. The third-order valence-electron chi connectivity index (χ3n) is 8.19. The highest BCUT2D eigenvalue weighted by atomic mass is 16.7. The molecule has 0 fully saturated rings. The molecule has 0 bridgehead atoms. The van der Waals surface area contributed by atoms with Crippen molar-refractivity contribution >= 4 is 28.7 Å². The number of hydrogen-bond donors (Lipinski definition) is 2. The number of ether oxygens (including phenoxy) is 3. The molecule has 1 aromatic heterocycles. The molecule has 1 unspecified atom stereocenters. The number of benzene rings is 3. The second kappa shape index (κ2) is 16.6. The Morgan fingerprint density at radius 1 is 0.918 bits per heavy atom. The highest BCUT2D eigenvalue weighted by Crippen LogP contribution is 2.31. The van der Waals surface area contributed by atoms with Gasteiger partial charge in [0.15, 0.2) is 12.1 Å². The monoisotopic (exact) mass is 671 g/mol. The first-order valence-electron chi connectivity index (χ1n) is 16.7. The maximum atomic E-state index is 14.9. The van der Waals surface area contributed by atoms with Crippen LogP contribution in [-0.4, -0.2) is 70.0 Å². The Balaban J connectivity index is 1.83. The van der Waals surface area contributed by atoms with Crippen LogP contribution in [0.3, 0.4) is 0 Å². The predicted molar refractivity (Wildman–Crippen MR) is 190 cm³/mol. The minimum atomic E-state index is -1.31. The van der Waals surface area contributed by atoms with E-state index >= 15 is 0 Å². The maximum absolute atomic E-state index is 14.9. The number of Topliss-reactive ketones (excluding diaryl/α,β-unsaturated/α-hetero) is 1. The fraction of sp³-hybridized carbons (Fsp3) is 0.410. The molecule has 49 heavy (non-hydrogen) atoms. The van der Waals surface area contributed by atoms with Gasteiger partial charge in [0.1, 0.15) is 17.4 Å². The third-order valence-corrected chi connectivity index (χ3v) is 8.19. The number of carbonyl (C=O) groups excluding carboxylic acids is 2. The number of rotatable bonds is 16. The van der Waals surface area contributed by atoms with E-state index in [0.717, 1.165) is 27.6 Å². The van der Waals surface area contributed by atoms with Gasteiger partial charge >= 0.3 is 6.09 Å². The number of nitrogens with one attached hydrogen (secondary N) is 1. The molecule has 2 amide bonds. The van der Waals surface area contributed by atoms with E-state index in [2.05, 4.69) is 5.32 Å². The third kappa shape index (κ3) is 9.93. The molecule has 262 valence electrons. The molecule has 1 heterocycles. The van der Waals surface area contributed by atoms with Crippen LogP contribution < -0.4 is 10.1 Å². The number of ketones is 1. The predicted octanol–water partition coefficient (Wildman–Crippen LogP) is 6.95. The van der Waals surface area contributed by atoms with E-state index in [1.54, 1.807) is 11.1 Å². The number of aryl methyl sites for hydroxylation is 1. The highest BCUT2D eigenvalue weighted by molar-refractivity contribution is 6.07. The quantitative estimate of drug-likeness (QED) is 0.0978. The van der Waals surface area contributed by atoms with Crippen molar-refractivity contribution in [2.24, 2.45) is 7.05 Å². The van der Waals surface area contributed by atoms with Gasteiger partial charge in [0.05, 0.1) is 12.1 Å². The van der Waals surface area contributed by atoms with Gasteiger partial charge in [0.25, 0.3) is 0 Å². The Morgan fingerprint density at radius 2 is 1.57 bits per heavy atom. The summed E-state index contributed by atoms with van der Waals surface area (Å²) in [5.74, 6) is -0.398. The Kier molecular flexibility index (Phi) is 12.6. The smallest absolute Gasteiger partial charge is 0.405 e. The largest absolute Gasteiger partial charge is 0.488 e. The zero-order chi connectivity index (χ0) is 35.7. The van der Waals surface area contributed by atoms with E-state index in [1.165, 1.54) is 6.92 Å². The minimum absolute atomic E-state index is 0.0507. The molecule has 3 aromatic carbocycles. The Bertz CT molecular complexity index is 1700. The second-order valence-corrected chi connectivity index (χ2v) is 13.1. The van der Waals surface area contributed by atoms with Gasteiger partial charge in [-0.25, -0.2) is 4.79 Å². The van der Waals surface area contributed by atoms with Gasteiger partial charge < -0.3 is 34.1 Å². The summed E-state index contributed by atoms with van der Waals surface area (Å²) in [6.07, 6.45) is 0.126. The van der Waals surface area contributed by atoms with Crippen molar-refractivity contribution in [2.75, 3.05) is 19.8 Å². The summed E-state index contributed by atoms with van der Waals surface area (Å²) >= 11 is 0. The lowest BCUT2D eigenvalue weighted by molar-refractivity contribution is -0.161. The molecular weight excluding hydrogens is 622 g/mol. The average molecular weight is 672 g/mol. The van der Waals surface area contributed by atoms with Gasteiger partial charge in [-0.2, -0.15) is 0 Å². The van der Waals surface area contributed by atoms with E-state index < -0.39 is 35.9 Å². The summed E-state index contributed by atoms with van der Waals surface area (Å²) < 4.78 is 19.7. The van der Waals surface area contributed by atoms with Crippen LogP contribution in [0.25, 0.3) is 10.9 Å². The molecule has 0 spiro atoms. The normalized spacial score (nSPS) is 12.9. The van der Waals surface area contributed by atoms with Crippen molar-refractivity contribution in [3.05, 3.63) is 101 Å². The van der Waals surface area contributed by atoms with E-state index in [9.17, 15) is 19.5 Å². The van der Waals surface area contributed by atoms with Crippen LogP contribution in [0, 0.1) is 0 Å². The molecule has 0 radical (unpaired) electrons. The molecular formula is C39H49N3O7. The fourth-order valence-electron chi connectivity index (χ4n) is 6.20. The van der Waals surface area contributed by atoms with Crippen LogP contribution in [0.5, 0.6) is 5.75 Å². The van der Waals surface area contributed by atoms with Crippen molar-refractivity contribution in [1.29, 1.82) is 0 Å². The summed E-state index contributed by atoms with van der Waals surface area (Å²) in [5.41, 5.74) is 3.52. The lowest BCUT2D eigenvalue weighted by Gasteiger charge is -2.34. The van der Waals surface area contributed by atoms with Crippen molar-refractivity contribution < 1.29 is 33.7 Å². The van der Waals surface area contributed by atoms with Crippen LogP contribution in [0.1, 0.15) is 74.5 Å². The van der Waals surface area contributed by atoms with E-state index in [1.807, 2.05) is 119 Å². The molecule has 10 heteroatoms. The van der Waals surface area contributed by atoms with Crippen LogP contribution in [0.4, 0.5) is 4.79 Å². The van der Waals surface area contributed by atoms with Crippen molar-refractivity contribution in [2.45, 2.75) is 78.4 Å². The summed E-state index contributed by atoms with van der Waals surface area (Å²) in [7, 11) is 1.87. The van der Waals surface area contributed by atoms with Gasteiger partial charge in [0, 0.05) is 49.9 Å². The first-order chi connectivity index (χ1) is 23.3. The van der Waals surface area contributed by atoms with E-state index in [-0.39, 0.29) is 18.9 Å². The zero-order valence-electron chi connectivity index (χ0n) is 29.6. The van der Waals surface area contributed by atoms with Crippen LogP contribution in [-0.2, 0) is 34.3 Å². The lowest BCUT2D eigenvalue weighted by atomic mass is 9.85.